The Hall–Kier alpha value is -3.92. The molecule has 168 valence electrons. The maximum atomic E-state index is 10.3. The second kappa shape index (κ2) is 8.55. The molecule has 4 aromatic rings. The summed E-state index contributed by atoms with van der Waals surface area (Å²) in [6.45, 7) is 5.87. The number of benzene rings is 4. The van der Waals surface area contributed by atoms with Gasteiger partial charge in [0.05, 0.1) is 5.41 Å². The molecule has 4 rings (SSSR count). The topological polar surface area (TPSA) is 80.9 Å². The molecule has 4 aromatic carbocycles. The molecule has 33 heavy (non-hydrogen) atoms. The summed E-state index contributed by atoms with van der Waals surface area (Å²) in [6, 6.07) is 25.6. The van der Waals surface area contributed by atoms with Crippen molar-refractivity contribution in [1.82, 2.24) is 0 Å². The van der Waals surface area contributed by atoms with Crippen LogP contribution in [0.5, 0.6) is 23.0 Å². The highest BCUT2D eigenvalue weighted by Gasteiger charge is 2.42. The SMILES string of the molecule is Cc1cc(C(C)C(c2ccc(O)cc2)(c2ccc(O)cc2)c2ccc(O)c(C)c2)ccc1O. The number of aromatic hydroxyl groups is 4. The van der Waals surface area contributed by atoms with Gasteiger partial charge < -0.3 is 20.4 Å². The van der Waals surface area contributed by atoms with E-state index in [1.165, 1.54) is 0 Å². The molecular formula is C29H28O4. The molecule has 1 unspecified atom stereocenters. The molecule has 0 amide bonds. The minimum absolute atomic E-state index is 0.116. The molecule has 0 aromatic heterocycles. The summed E-state index contributed by atoms with van der Waals surface area (Å²) in [4.78, 5) is 0. The summed E-state index contributed by atoms with van der Waals surface area (Å²) in [6.07, 6.45) is 0. The standard InChI is InChI=1S/C29H28O4/c1-18-16-21(4-14-27(18)32)20(3)29(22-5-10-25(30)11-6-22,23-7-12-26(31)13-8-23)24-9-15-28(33)19(2)17-24/h4-17,20,30-33H,1-3H3. The van der Waals surface area contributed by atoms with E-state index in [2.05, 4.69) is 6.92 Å². The van der Waals surface area contributed by atoms with Crippen molar-refractivity contribution in [2.24, 2.45) is 0 Å². The monoisotopic (exact) mass is 440 g/mol. The van der Waals surface area contributed by atoms with Crippen molar-refractivity contribution in [2.75, 3.05) is 0 Å². The maximum Gasteiger partial charge on any atom is 0.118 e. The largest absolute Gasteiger partial charge is 0.508 e. The van der Waals surface area contributed by atoms with Gasteiger partial charge in [0.2, 0.25) is 0 Å². The van der Waals surface area contributed by atoms with E-state index < -0.39 is 5.41 Å². The number of aryl methyl sites for hydroxylation is 2. The molecule has 0 saturated carbocycles. The maximum absolute atomic E-state index is 10.3. The van der Waals surface area contributed by atoms with Crippen molar-refractivity contribution in [2.45, 2.75) is 32.1 Å². The van der Waals surface area contributed by atoms with Crippen molar-refractivity contribution >= 4 is 0 Å². The van der Waals surface area contributed by atoms with E-state index >= 15 is 0 Å². The minimum Gasteiger partial charge on any atom is -0.508 e. The first-order chi connectivity index (χ1) is 15.7. The van der Waals surface area contributed by atoms with E-state index in [-0.39, 0.29) is 28.9 Å². The Labute approximate surface area is 194 Å². The highest BCUT2D eigenvalue weighted by Crippen LogP contribution is 2.51. The quantitative estimate of drug-likeness (QED) is 0.276. The van der Waals surface area contributed by atoms with Crippen LogP contribution in [-0.4, -0.2) is 20.4 Å². The van der Waals surface area contributed by atoms with Gasteiger partial charge in [-0.15, -0.1) is 0 Å². The van der Waals surface area contributed by atoms with E-state index in [1.807, 2.05) is 62.4 Å². The molecule has 0 saturated heterocycles. The van der Waals surface area contributed by atoms with Gasteiger partial charge in [-0.2, -0.15) is 0 Å². The van der Waals surface area contributed by atoms with Gasteiger partial charge in [0, 0.05) is 0 Å². The third-order valence-electron chi connectivity index (χ3n) is 6.67. The van der Waals surface area contributed by atoms with E-state index in [1.54, 1.807) is 36.4 Å². The number of hydrogen-bond donors (Lipinski definition) is 4. The first-order valence-electron chi connectivity index (χ1n) is 10.9. The van der Waals surface area contributed by atoms with Crippen molar-refractivity contribution in [1.29, 1.82) is 0 Å². The smallest absolute Gasteiger partial charge is 0.118 e. The molecule has 0 spiro atoms. The van der Waals surface area contributed by atoms with E-state index in [0.29, 0.717) is 0 Å². The fraction of sp³-hybridized carbons (Fsp3) is 0.172. The van der Waals surface area contributed by atoms with Gasteiger partial charge >= 0.3 is 0 Å². The summed E-state index contributed by atoms with van der Waals surface area (Å²) >= 11 is 0. The van der Waals surface area contributed by atoms with Crippen LogP contribution in [0.3, 0.4) is 0 Å². The normalized spacial score (nSPS) is 12.5. The van der Waals surface area contributed by atoms with Gasteiger partial charge in [0.1, 0.15) is 23.0 Å². The zero-order valence-electron chi connectivity index (χ0n) is 18.9. The molecule has 4 N–H and O–H groups in total. The van der Waals surface area contributed by atoms with E-state index in [9.17, 15) is 20.4 Å². The van der Waals surface area contributed by atoms with Crippen LogP contribution in [0.4, 0.5) is 0 Å². The second-order valence-corrected chi connectivity index (χ2v) is 8.67. The molecule has 1 atom stereocenters. The molecule has 0 aliphatic heterocycles. The predicted molar refractivity (Wildman–Crippen MR) is 130 cm³/mol. The fourth-order valence-electron chi connectivity index (χ4n) is 4.80. The molecule has 0 aliphatic carbocycles. The van der Waals surface area contributed by atoms with Crippen LogP contribution in [0.1, 0.15) is 46.2 Å². The Balaban J connectivity index is 2.10. The number of hydrogen-bond acceptors (Lipinski definition) is 4. The van der Waals surface area contributed by atoms with Crippen LogP contribution < -0.4 is 0 Å². The van der Waals surface area contributed by atoms with Crippen LogP contribution in [0.15, 0.2) is 84.9 Å². The molecule has 0 radical (unpaired) electrons. The summed E-state index contributed by atoms with van der Waals surface area (Å²) in [5.41, 5.74) is 4.71. The van der Waals surface area contributed by atoms with E-state index in [0.717, 1.165) is 33.4 Å². The third-order valence-corrected chi connectivity index (χ3v) is 6.67. The highest BCUT2D eigenvalue weighted by atomic mass is 16.3. The average molecular weight is 441 g/mol. The zero-order valence-corrected chi connectivity index (χ0v) is 18.9. The summed E-state index contributed by atoms with van der Waals surface area (Å²) in [7, 11) is 0. The minimum atomic E-state index is -0.719. The molecule has 0 bridgehead atoms. The fourth-order valence-corrected chi connectivity index (χ4v) is 4.80. The number of phenolic OH excluding ortho intramolecular Hbond substituents is 4. The first-order valence-corrected chi connectivity index (χ1v) is 10.9. The van der Waals surface area contributed by atoms with Gasteiger partial charge in [0.15, 0.2) is 0 Å². The number of rotatable bonds is 5. The van der Waals surface area contributed by atoms with Crippen LogP contribution in [-0.2, 0) is 5.41 Å². The van der Waals surface area contributed by atoms with Gasteiger partial charge in [-0.05, 0) is 89.5 Å². The second-order valence-electron chi connectivity index (χ2n) is 8.67. The lowest BCUT2D eigenvalue weighted by molar-refractivity contribution is 0.462. The Morgan fingerprint density at radius 3 is 1.42 bits per heavy atom. The van der Waals surface area contributed by atoms with Crippen LogP contribution in [0.2, 0.25) is 0 Å². The van der Waals surface area contributed by atoms with Crippen LogP contribution >= 0.6 is 0 Å². The van der Waals surface area contributed by atoms with Crippen molar-refractivity contribution in [3.05, 3.63) is 118 Å². The zero-order chi connectivity index (χ0) is 23.8. The Kier molecular flexibility index (Phi) is 5.77. The Morgan fingerprint density at radius 1 is 0.545 bits per heavy atom. The van der Waals surface area contributed by atoms with Crippen molar-refractivity contribution < 1.29 is 20.4 Å². The van der Waals surface area contributed by atoms with Crippen LogP contribution in [0, 0.1) is 13.8 Å². The van der Waals surface area contributed by atoms with Crippen LogP contribution in [0.25, 0.3) is 0 Å². The molecule has 0 fully saturated rings. The van der Waals surface area contributed by atoms with Gasteiger partial charge in [-0.1, -0.05) is 55.5 Å². The first kappa shape index (κ1) is 22.3. The molecule has 0 aliphatic rings. The van der Waals surface area contributed by atoms with Gasteiger partial charge in [-0.3, -0.25) is 0 Å². The summed E-state index contributed by atoms with van der Waals surface area (Å²) < 4.78 is 0. The lowest BCUT2D eigenvalue weighted by Crippen LogP contribution is -2.35. The van der Waals surface area contributed by atoms with Crippen molar-refractivity contribution in [3.63, 3.8) is 0 Å². The lowest BCUT2D eigenvalue weighted by atomic mass is 9.60. The average Bonchev–Trinajstić information content (AvgIpc) is 2.80. The molecule has 4 heteroatoms. The molecular weight excluding hydrogens is 412 g/mol. The third kappa shape index (κ3) is 3.89. The Bertz CT molecular complexity index is 1230. The predicted octanol–water partition coefficient (Wildman–Crippen LogP) is 6.26. The Morgan fingerprint density at radius 2 is 0.970 bits per heavy atom. The highest BCUT2D eigenvalue weighted by molar-refractivity contribution is 5.57. The van der Waals surface area contributed by atoms with Crippen molar-refractivity contribution in [3.8, 4) is 23.0 Å². The summed E-state index contributed by atoms with van der Waals surface area (Å²) in [5, 5.41) is 40.4. The van der Waals surface area contributed by atoms with Gasteiger partial charge in [-0.25, -0.2) is 0 Å². The number of phenols is 4. The van der Waals surface area contributed by atoms with Gasteiger partial charge in [0.25, 0.3) is 0 Å². The molecule has 0 heterocycles. The van der Waals surface area contributed by atoms with E-state index in [4.69, 9.17) is 0 Å². The molecule has 4 nitrogen and oxygen atoms in total. The summed E-state index contributed by atoms with van der Waals surface area (Å²) in [5.74, 6) is 0.695. The lowest BCUT2D eigenvalue weighted by Gasteiger charge is -2.42.